The molecular weight excluding hydrogens is 881 g/mol. The lowest BCUT2D eigenvalue weighted by molar-refractivity contribution is 0.632. The fraction of sp³-hybridized carbons (Fsp3) is 0.127. The van der Waals surface area contributed by atoms with Gasteiger partial charge >= 0.3 is 0 Å². The third-order valence-corrected chi connectivity index (χ3v) is 17.0. The highest BCUT2D eigenvalue weighted by molar-refractivity contribution is 6.23. The Morgan fingerprint density at radius 1 is 0.247 bits per heavy atom. The summed E-state index contributed by atoms with van der Waals surface area (Å²) in [7, 11) is 0. The number of benzene rings is 11. The molecule has 0 saturated heterocycles. The second-order valence-corrected chi connectivity index (χ2v) is 22.1. The van der Waals surface area contributed by atoms with E-state index in [0.29, 0.717) is 0 Å². The summed E-state index contributed by atoms with van der Waals surface area (Å²) in [6, 6.07) is 86.9. The van der Waals surface area contributed by atoms with Gasteiger partial charge in [-0.15, -0.1) is 0 Å². The molecule has 3 aliphatic rings. The predicted octanol–water partition coefficient (Wildman–Crippen LogP) is 19.5. The van der Waals surface area contributed by atoms with Crippen LogP contribution in [0.25, 0.3) is 66.1 Å². The summed E-state index contributed by atoms with van der Waals surface area (Å²) in [6.07, 6.45) is 0. The van der Waals surface area contributed by atoms with E-state index in [-0.39, 0.29) is 16.2 Å². The topological polar surface area (TPSA) is 6.48 Å². The van der Waals surface area contributed by atoms with E-state index in [0.717, 1.165) is 11.4 Å². The van der Waals surface area contributed by atoms with Crippen LogP contribution in [0.3, 0.4) is 0 Å². The molecule has 73 heavy (non-hydrogen) atoms. The molecule has 0 saturated carbocycles. The largest absolute Gasteiger partial charge is 0.310 e. The van der Waals surface area contributed by atoms with Crippen molar-refractivity contribution in [3.8, 4) is 44.5 Å². The molecule has 2 aliphatic heterocycles. The van der Waals surface area contributed by atoms with Crippen molar-refractivity contribution < 1.29 is 0 Å². The maximum absolute atomic E-state index is 2.50. The van der Waals surface area contributed by atoms with Crippen LogP contribution in [-0.2, 0) is 16.2 Å². The van der Waals surface area contributed by atoms with Gasteiger partial charge in [-0.25, -0.2) is 0 Å². The normalized spacial score (nSPS) is 15.3. The van der Waals surface area contributed by atoms with E-state index >= 15 is 0 Å². The lowest BCUT2D eigenvalue weighted by Crippen LogP contribution is -2.30. The van der Waals surface area contributed by atoms with E-state index in [1.807, 2.05) is 0 Å². The fourth-order valence-corrected chi connectivity index (χ4v) is 13.3. The molecular formula is C71H56N2. The van der Waals surface area contributed by atoms with Crippen LogP contribution in [0, 0.1) is 0 Å². The number of hydrogen-bond acceptors (Lipinski definition) is 2. The standard InChI is InChI=1S/C71H56N2/c1-69(2)57-23-11-10-22-51(57)54-42-48(36-41-58(54)69)45-32-34-47(35-33-45)68-53-40-38-49(72-63-28-16-12-24-59(63)70(3,4)60-25-13-17-29-64(60)72)43-55(53)67(46-20-8-7-9-21-46)52-39-37-50(44-56(52)68)73-65-30-18-14-26-61(65)71(5,6)62-27-15-19-31-66(62)73/h7-44H,1-6H3. The monoisotopic (exact) mass is 936 g/mol. The molecule has 0 radical (unpaired) electrons. The van der Waals surface area contributed by atoms with Crippen LogP contribution >= 0.6 is 0 Å². The number of anilines is 6. The minimum Gasteiger partial charge on any atom is -0.310 e. The maximum Gasteiger partial charge on any atom is 0.0502 e. The number of rotatable bonds is 5. The van der Waals surface area contributed by atoms with Crippen molar-refractivity contribution in [2.45, 2.75) is 57.8 Å². The van der Waals surface area contributed by atoms with Gasteiger partial charge in [0.15, 0.2) is 0 Å². The first kappa shape index (κ1) is 43.3. The Balaban J connectivity index is 1.03. The second-order valence-electron chi connectivity index (χ2n) is 22.1. The summed E-state index contributed by atoms with van der Waals surface area (Å²) < 4.78 is 0. The molecule has 1 aliphatic carbocycles. The van der Waals surface area contributed by atoms with Gasteiger partial charge in [-0.1, -0.05) is 217 Å². The first-order valence-electron chi connectivity index (χ1n) is 25.9. The molecule has 0 aromatic heterocycles. The third-order valence-electron chi connectivity index (χ3n) is 17.0. The van der Waals surface area contributed by atoms with Crippen molar-refractivity contribution in [3.05, 3.63) is 264 Å². The van der Waals surface area contributed by atoms with Gasteiger partial charge in [-0.2, -0.15) is 0 Å². The van der Waals surface area contributed by atoms with Gasteiger partial charge in [0, 0.05) is 27.6 Å². The Kier molecular flexibility index (Phi) is 9.36. The first-order valence-corrected chi connectivity index (χ1v) is 25.9. The fourth-order valence-electron chi connectivity index (χ4n) is 13.3. The molecule has 0 bridgehead atoms. The summed E-state index contributed by atoms with van der Waals surface area (Å²) in [5.41, 5.74) is 24.9. The van der Waals surface area contributed by atoms with Gasteiger partial charge in [0.05, 0.1) is 22.7 Å². The molecule has 350 valence electrons. The van der Waals surface area contributed by atoms with Gasteiger partial charge in [0.25, 0.3) is 0 Å². The zero-order valence-corrected chi connectivity index (χ0v) is 42.3. The molecule has 0 amide bonds. The number of fused-ring (bicyclic) bond motifs is 9. The molecule has 0 N–H and O–H groups in total. The Morgan fingerprint density at radius 3 is 1.08 bits per heavy atom. The van der Waals surface area contributed by atoms with Gasteiger partial charge < -0.3 is 9.80 Å². The Bertz CT molecular complexity index is 3960. The molecule has 0 spiro atoms. The second kappa shape index (κ2) is 15.8. The number of nitrogens with zero attached hydrogens (tertiary/aromatic N) is 2. The summed E-state index contributed by atoms with van der Waals surface area (Å²) in [5, 5.41) is 4.88. The predicted molar refractivity (Wildman–Crippen MR) is 309 cm³/mol. The lowest BCUT2D eigenvalue weighted by atomic mass is 9.73. The SMILES string of the molecule is CC1(C)c2ccccc2-c2cc(-c3ccc(-c4c5ccc(N6c7ccccc7C(C)(C)c7ccccc76)cc5c(-c5ccccc5)c5ccc(N6c7ccccc7C(C)(C)c7ccccc76)cc45)cc3)ccc21. The molecule has 0 unspecified atom stereocenters. The summed E-state index contributed by atoms with van der Waals surface area (Å²) in [6.45, 7) is 14.2. The van der Waals surface area contributed by atoms with E-state index in [1.54, 1.807) is 0 Å². The third kappa shape index (κ3) is 6.29. The van der Waals surface area contributed by atoms with E-state index in [2.05, 4.69) is 282 Å². The van der Waals surface area contributed by atoms with E-state index in [4.69, 9.17) is 0 Å². The van der Waals surface area contributed by atoms with Crippen LogP contribution in [0.2, 0.25) is 0 Å². The van der Waals surface area contributed by atoms with Gasteiger partial charge in [0.2, 0.25) is 0 Å². The Hall–Kier alpha value is -8.46. The molecule has 14 rings (SSSR count). The molecule has 11 aromatic rings. The quantitative estimate of drug-likeness (QED) is 0.159. The smallest absolute Gasteiger partial charge is 0.0502 e. The molecule has 0 atom stereocenters. The summed E-state index contributed by atoms with van der Waals surface area (Å²) >= 11 is 0. The van der Waals surface area contributed by atoms with Crippen molar-refractivity contribution in [1.82, 2.24) is 0 Å². The Morgan fingerprint density at radius 2 is 0.603 bits per heavy atom. The zero-order valence-electron chi connectivity index (χ0n) is 42.3. The highest BCUT2D eigenvalue weighted by Gasteiger charge is 2.39. The average molecular weight is 937 g/mol. The van der Waals surface area contributed by atoms with Crippen LogP contribution in [0.1, 0.15) is 74.9 Å². The van der Waals surface area contributed by atoms with Gasteiger partial charge in [-0.3, -0.25) is 0 Å². The molecule has 2 heterocycles. The van der Waals surface area contributed by atoms with E-state index in [1.165, 1.54) is 122 Å². The van der Waals surface area contributed by atoms with Crippen molar-refractivity contribution in [1.29, 1.82) is 0 Å². The lowest BCUT2D eigenvalue weighted by Gasteiger charge is -2.42. The van der Waals surface area contributed by atoms with Gasteiger partial charge in [-0.05, 0) is 154 Å². The number of hydrogen-bond donors (Lipinski definition) is 0. The van der Waals surface area contributed by atoms with E-state index in [9.17, 15) is 0 Å². The van der Waals surface area contributed by atoms with Crippen LogP contribution in [0.4, 0.5) is 34.1 Å². The van der Waals surface area contributed by atoms with Crippen LogP contribution in [-0.4, -0.2) is 0 Å². The average Bonchev–Trinajstić information content (AvgIpc) is 3.65. The van der Waals surface area contributed by atoms with Crippen LogP contribution in [0.15, 0.2) is 231 Å². The van der Waals surface area contributed by atoms with Crippen molar-refractivity contribution in [3.63, 3.8) is 0 Å². The highest BCUT2D eigenvalue weighted by atomic mass is 15.2. The molecule has 0 fully saturated rings. The molecule has 2 nitrogen and oxygen atoms in total. The van der Waals surface area contributed by atoms with E-state index < -0.39 is 0 Å². The Labute approximate surface area is 429 Å². The first-order chi connectivity index (χ1) is 35.5. The van der Waals surface area contributed by atoms with Crippen molar-refractivity contribution >= 4 is 55.7 Å². The zero-order chi connectivity index (χ0) is 49.4. The maximum atomic E-state index is 2.50. The molecule has 11 aromatic carbocycles. The van der Waals surface area contributed by atoms with Crippen molar-refractivity contribution in [2.24, 2.45) is 0 Å². The van der Waals surface area contributed by atoms with Crippen molar-refractivity contribution in [2.75, 3.05) is 9.80 Å². The van der Waals surface area contributed by atoms with Crippen LogP contribution < -0.4 is 9.80 Å². The summed E-state index contributed by atoms with van der Waals surface area (Å²) in [5.74, 6) is 0. The van der Waals surface area contributed by atoms with Gasteiger partial charge in [0.1, 0.15) is 0 Å². The highest BCUT2D eigenvalue weighted by Crippen LogP contribution is 2.56. The van der Waals surface area contributed by atoms with Crippen LogP contribution in [0.5, 0.6) is 0 Å². The molecule has 2 heteroatoms. The minimum atomic E-state index is -0.161. The minimum absolute atomic E-state index is 0.0347. The summed E-state index contributed by atoms with van der Waals surface area (Å²) in [4.78, 5) is 4.99. The number of para-hydroxylation sites is 4.